The smallest absolute Gasteiger partial charge is 0.232 e. The van der Waals surface area contributed by atoms with Gasteiger partial charge in [0.25, 0.3) is 0 Å². The molecule has 0 fully saturated rings. The molecule has 1 unspecified atom stereocenters. The van der Waals surface area contributed by atoms with Crippen LogP contribution in [0.25, 0.3) is 0 Å². The molecule has 0 bridgehead atoms. The number of rotatable bonds is 8. The van der Waals surface area contributed by atoms with Crippen molar-refractivity contribution in [3.8, 4) is 0 Å². The van der Waals surface area contributed by atoms with E-state index in [0.717, 1.165) is 24.7 Å². The lowest BCUT2D eigenvalue weighted by Gasteiger charge is -2.23. The number of amides is 1. The fraction of sp³-hybridized carbons (Fsp3) is 0.435. The largest absolute Gasteiger partial charge is 0.350 e. The van der Waals surface area contributed by atoms with Crippen molar-refractivity contribution in [3.63, 3.8) is 0 Å². The summed E-state index contributed by atoms with van der Waals surface area (Å²) in [5.41, 5.74) is 4.43. The SMILES string of the molecule is CC(NC(=O)CCCN(c1cccc(Cl)c1)S(C)(=O)=O)c1ccc2c(c1)CCCC2. The molecule has 5 nitrogen and oxygen atoms in total. The molecule has 0 saturated carbocycles. The topological polar surface area (TPSA) is 66.5 Å². The van der Waals surface area contributed by atoms with Crippen molar-refractivity contribution in [3.05, 3.63) is 64.2 Å². The highest BCUT2D eigenvalue weighted by molar-refractivity contribution is 7.92. The summed E-state index contributed by atoms with van der Waals surface area (Å²) >= 11 is 6.00. The van der Waals surface area contributed by atoms with Crippen LogP contribution in [0.15, 0.2) is 42.5 Å². The number of carbonyl (C=O) groups is 1. The third-order valence-electron chi connectivity index (χ3n) is 5.51. The Morgan fingerprint density at radius 1 is 1.13 bits per heavy atom. The van der Waals surface area contributed by atoms with Crippen LogP contribution in [0.5, 0.6) is 0 Å². The van der Waals surface area contributed by atoms with E-state index in [1.165, 1.54) is 28.3 Å². The Morgan fingerprint density at radius 3 is 2.57 bits per heavy atom. The fourth-order valence-electron chi connectivity index (χ4n) is 3.92. The highest BCUT2D eigenvalue weighted by Gasteiger charge is 2.19. The molecule has 1 aliphatic carbocycles. The van der Waals surface area contributed by atoms with Crippen LogP contribution >= 0.6 is 11.6 Å². The van der Waals surface area contributed by atoms with Crippen molar-refractivity contribution in [1.29, 1.82) is 0 Å². The first-order valence-corrected chi connectivity index (χ1v) is 12.6. The first-order chi connectivity index (χ1) is 14.2. The third-order valence-corrected chi connectivity index (χ3v) is 6.94. The van der Waals surface area contributed by atoms with Gasteiger partial charge in [-0.3, -0.25) is 9.10 Å². The van der Waals surface area contributed by atoms with Gasteiger partial charge < -0.3 is 5.32 Å². The number of hydrogen-bond donors (Lipinski definition) is 1. The summed E-state index contributed by atoms with van der Waals surface area (Å²) in [6.07, 6.45) is 6.55. The quantitative estimate of drug-likeness (QED) is 0.639. The fourth-order valence-corrected chi connectivity index (χ4v) is 5.06. The van der Waals surface area contributed by atoms with Crippen LogP contribution in [-0.2, 0) is 27.7 Å². The van der Waals surface area contributed by atoms with E-state index in [4.69, 9.17) is 11.6 Å². The Bertz CT molecular complexity index is 1010. The average molecular weight is 449 g/mol. The molecule has 0 radical (unpaired) electrons. The van der Waals surface area contributed by atoms with E-state index >= 15 is 0 Å². The van der Waals surface area contributed by atoms with Crippen molar-refractivity contribution in [2.24, 2.45) is 0 Å². The molecule has 1 amide bonds. The summed E-state index contributed by atoms with van der Waals surface area (Å²) < 4.78 is 25.7. The first-order valence-electron chi connectivity index (χ1n) is 10.4. The number of aryl methyl sites for hydroxylation is 2. The van der Waals surface area contributed by atoms with Gasteiger partial charge in [0.2, 0.25) is 15.9 Å². The number of benzene rings is 2. The second-order valence-electron chi connectivity index (χ2n) is 7.94. The Morgan fingerprint density at radius 2 is 1.87 bits per heavy atom. The van der Waals surface area contributed by atoms with Crippen LogP contribution in [-0.4, -0.2) is 27.1 Å². The number of halogens is 1. The number of sulfonamides is 1. The number of hydrogen-bond acceptors (Lipinski definition) is 3. The van der Waals surface area contributed by atoms with Gasteiger partial charge in [0.15, 0.2) is 0 Å². The molecule has 2 aromatic rings. The minimum absolute atomic E-state index is 0.0799. The van der Waals surface area contributed by atoms with Gasteiger partial charge in [-0.1, -0.05) is 35.9 Å². The standard InChI is InChI=1S/C23H29ClN2O3S/c1-17(19-13-12-18-7-3-4-8-20(18)15-19)25-23(27)11-6-14-26(30(2,28)29)22-10-5-9-21(24)16-22/h5,9-10,12-13,15-17H,3-4,6-8,11,14H2,1-2H3,(H,25,27). The van der Waals surface area contributed by atoms with Crippen molar-refractivity contribution < 1.29 is 13.2 Å². The molecule has 2 aromatic carbocycles. The van der Waals surface area contributed by atoms with Crippen LogP contribution in [0.2, 0.25) is 5.02 Å². The second-order valence-corrected chi connectivity index (χ2v) is 10.3. The lowest BCUT2D eigenvalue weighted by molar-refractivity contribution is -0.121. The monoisotopic (exact) mass is 448 g/mol. The number of anilines is 1. The van der Waals surface area contributed by atoms with Gasteiger partial charge in [-0.25, -0.2) is 8.42 Å². The molecule has 0 aromatic heterocycles. The number of nitrogens with one attached hydrogen (secondary N) is 1. The van der Waals surface area contributed by atoms with E-state index in [-0.39, 0.29) is 24.9 Å². The van der Waals surface area contributed by atoms with Crippen LogP contribution < -0.4 is 9.62 Å². The van der Waals surface area contributed by atoms with E-state index in [0.29, 0.717) is 17.1 Å². The number of fused-ring (bicyclic) bond motifs is 1. The minimum atomic E-state index is -3.46. The minimum Gasteiger partial charge on any atom is -0.350 e. The molecular weight excluding hydrogens is 420 g/mol. The second kappa shape index (κ2) is 9.84. The van der Waals surface area contributed by atoms with Crippen LogP contribution in [0.1, 0.15) is 55.3 Å². The van der Waals surface area contributed by atoms with E-state index in [1.807, 2.05) is 6.92 Å². The lowest BCUT2D eigenvalue weighted by Crippen LogP contribution is -2.32. The molecule has 1 atom stereocenters. The average Bonchev–Trinajstić information content (AvgIpc) is 2.69. The highest BCUT2D eigenvalue weighted by atomic mass is 35.5. The van der Waals surface area contributed by atoms with Crippen LogP contribution in [0, 0.1) is 0 Å². The van der Waals surface area contributed by atoms with Gasteiger partial charge in [-0.15, -0.1) is 0 Å². The summed E-state index contributed by atoms with van der Waals surface area (Å²) in [6, 6.07) is 13.1. The van der Waals surface area contributed by atoms with Gasteiger partial charge in [-0.2, -0.15) is 0 Å². The van der Waals surface area contributed by atoms with Crippen LogP contribution in [0.4, 0.5) is 5.69 Å². The van der Waals surface area contributed by atoms with Gasteiger partial charge in [0.1, 0.15) is 0 Å². The summed E-state index contributed by atoms with van der Waals surface area (Å²) in [5, 5.41) is 3.51. The van der Waals surface area contributed by atoms with Crippen molar-refractivity contribution in [2.45, 2.75) is 51.5 Å². The van der Waals surface area contributed by atoms with Gasteiger partial charge in [0, 0.05) is 18.0 Å². The normalized spacial score (nSPS) is 14.6. The molecule has 3 rings (SSSR count). The maximum Gasteiger partial charge on any atom is 0.232 e. The Kier molecular flexibility index (Phi) is 7.42. The predicted molar refractivity (Wildman–Crippen MR) is 123 cm³/mol. The third kappa shape index (κ3) is 5.99. The Labute approximate surface area is 184 Å². The molecule has 7 heteroatoms. The maximum atomic E-state index is 12.4. The van der Waals surface area contributed by atoms with Crippen molar-refractivity contribution in [2.75, 3.05) is 17.1 Å². The maximum absolute atomic E-state index is 12.4. The van der Waals surface area contributed by atoms with Gasteiger partial charge in [-0.05, 0) is 73.9 Å². The lowest BCUT2D eigenvalue weighted by atomic mass is 9.89. The molecule has 1 aliphatic rings. The van der Waals surface area contributed by atoms with Gasteiger partial charge in [0.05, 0.1) is 18.0 Å². The van der Waals surface area contributed by atoms with E-state index < -0.39 is 10.0 Å². The summed E-state index contributed by atoms with van der Waals surface area (Å²) in [4.78, 5) is 12.4. The zero-order valence-corrected chi connectivity index (χ0v) is 19.1. The number of carbonyl (C=O) groups excluding carboxylic acids is 1. The predicted octanol–water partition coefficient (Wildman–Crippen LogP) is 4.64. The van der Waals surface area contributed by atoms with E-state index in [2.05, 4.69) is 23.5 Å². The Hall–Kier alpha value is -2.05. The zero-order chi connectivity index (χ0) is 21.7. The van der Waals surface area contributed by atoms with Gasteiger partial charge >= 0.3 is 0 Å². The summed E-state index contributed by atoms with van der Waals surface area (Å²) in [7, 11) is -3.46. The summed E-state index contributed by atoms with van der Waals surface area (Å²) in [5.74, 6) is -0.0836. The van der Waals surface area contributed by atoms with Crippen LogP contribution in [0.3, 0.4) is 0 Å². The molecule has 0 saturated heterocycles. The molecule has 0 spiro atoms. The molecule has 0 heterocycles. The number of nitrogens with zero attached hydrogens (tertiary/aromatic N) is 1. The molecule has 0 aliphatic heterocycles. The molecular formula is C23H29ClN2O3S. The van der Waals surface area contributed by atoms with E-state index in [1.54, 1.807) is 24.3 Å². The highest BCUT2D eigenvalue weighted by Crippen LogP contribution is 2.25. The van der Waals surface area contributed by atoms with Crippen molar-refractivity contribution >= 4 is 33.2 Å². The first kappa shape index (κ1) is 22.6. The molecule has 30 heavy (non-hydrogen) atoms. The molecule has 162 valence electrons. The molecule has 1 N–H and O–H groups in total. The van der Waals surface area contributed by atoms with E-state index in [9.17, 15) is 13.2 Å². The Balaban J connectivity index is 1.55. The zero-order valence-electron chi connectivity index (χ0n) is 17.5. The summed E-state index contributed by atoms with van der Waals surface area (Å²) in [6.45, 7) is 2.21. The van der Waals surface area contributed by atoms with Crippen molar-refractivity contribution in [1.82, 2.24) is 5.32 Å².